The molecule has 0 heterocycles. The lowest BCUT2D eigenvalue weighted by molar-refractivity contribution is -0.120. The molecule has 0 aromatic heterocycles. The second-order valence-corrected chi connectivity index (χ2v) is 5.87. The van der Waals surface area contributed by atoms with Crippen LogP contribution in [0.15, 0.2) is 24.3 Å². The Hall–Kier alpha value is -2.77. The largest absolute Gasteiger partial charge is 0.444 e. The molecule has 6 N–H and O–H groups in total. The Balaban J connectivity index is 2.33. The molecular formula is C15H23N5O3. The Bertz CT molecular complexity index is 563. The van der Waals surface area contributed by atoms with Crippen molar-refractivity contribution in [3.63, 3.8) is 0 Å². The van der Waals surface area contributed by atoms with Crippen LogP contribution in [0.2, 0.25) is 0 Å². The van der Waals surface area contributed by atoms with Crippen molar-refractivity contribution in [2.45, 2.75) is 32.9 Å². The number of carbonyl (C=O) groups is 2. The van der Waals surface area contributed by atoms with E-state index in [0.717, 1.165) is 5.56 Å². The Kier molecular flexibility index (Phi) is 6.37. The number of carbonyl (C=O) groups excluding carboxylic acids is 2. The summed E-state index contributed by atoms with van der Waals surface area (Å²) in [7, 11) is 0. The van der Waals surface area contributed by atoms with Gasteiger partial charge in [0.15, 0.2) is 5.96 Å². The van der Waals surface area contributed by atoms with Gasteiger partial charge < -0.3 is 26.4 Å². The highest BCUT2D eigenvalue weighted by Gasteiger charge is 2.16. The molecule has 0 spiro atoms. The number of nitrogens with one attached hydrogen (secondary N) is 4. The van der Waals surface area contributed by atoms with Crippen molar-refractivity contribution in [1.29, 1.82) is 5.41 Å². The summed E-state index contributed by atoms with van der Waals surface area (Å²) in [5.41, 5.74) is 6.20. The maximum atomic E-state index is 11.7. The molecule has 0 aliphatic carbocycles. The van der Waals surface area contributed by atoms with E-state index in [4.69, 9.17) is 15.9 Å². The van der Waals surface area contributed by atoms with Crippen LogP contribution in [0.25, 0.3) is 0 Å². The third-order valence-corrected chi connectivity index (χ3v) is 2.51. The van der Waals surface area contributed by atoms with Gasteiger partial charge in [0.25, 0.3) is 0 Å². The molecule has 126 valence electrons. The highest BCUT2D eigenvalue weighted by atomic mass is 16.6. The fourth-order valence-electron chi connectivity index (χ4n) is 1.59. The van der Waals surface area contributed by atoms with Crippen LogP contribution in [-0.2, 0) is 16.1 Å². The molecule has 0 saturated carbocycles. The molecule has 23 heavy (non-hydrogen) atoms. The van der Waals surface area contributed by atoms with E-state index in [1.807, 2.05) is 0 Å². The standard InChI is InChI=1S/C15H23N5O3/c1-15(2,3)23-14(22)19-9-12(21)18-8-10-4-6-11(7-5-10)20-13(16)17/h4-7H,8-9H2,1-3H3,(H,18,21)(H,19,22)(H4,16,17,20). The van der Waals surface area contributed by atoms with Crippen molar-refractivity contribution in [2.75, 3.05) is 11.9 Å². The van der Waals surface area contributed by atoms with Gasteiger partial charge >= 0.3 is 6.09 Å². The first kappa shape index (κ1) is 18.3. The zero-order chi connectivity index (χ0) is 17.5. The highest BCUT2D eigenvalue weighted by Crippen LogP contribution is 2.09. The predicted octanol–water partition coefficient (Wildman–Crippen LogP) is 1.13. The van der Waals surface area contributed by atoms with Gasteiger partial charge in [-0.25, -0.2) is 4.79 Å². The average molecular weight is 321 g/mol. The third-order valence-electron chi connectivity index (χ3n) is 2.51. The number of hydrogen-bond acceptors (Lipinski definition) is 4. The number of ether oxygens (including phenoxy) is 1. The first-order valence-corrected chi connectivity index (χ1v) is 7.09. The van der Waals surface area contributed by atoms with E-state index in [-0.39, 0.29) is 18.4 Å². The maximum Gasteiger partial charge on any atom is 0.408 e. The number of benzene rings is 1. The molecule has 0 saturated heterocycles. The fraction of sp³-hybridized carbons (Fsp3) is 0.400. The smallest absolute Gasteiger partial charge is 0.408 e. The summed E-state index contributed by atoms with van der Waals surface area (Å²) >= 11 is 0. The maximum absolute atomic E-state index is 11.7. The van der Waals surface area contributed by atoms with Crippen LogP contribution in [0.1, 0.15) is 26.3 Å². The quantitative estimate of drug-likeness (QED) is 0.410. The Labute approximate surface area is 135 Å². The monoisotopic (exact) mass is 321 g/mol. The summed E-state index contributed by atoms with van der Waals surface area (Å²) in [6, 6.07) is 7.10. The van der Waals surface area contributed by atoms with Crippen LogP contribution in [0.5, 0.6) is 0 Å². The number of nitrogens with two attached hydrogens (primary N) is 1. The second kappa shape index (κ2) is 8.02. The van der Waals surface area contributed by atoms with Crippen LogP contribution in [0.3, 0.4) is 0 Å². The summed E-state index contributed by atoms with van der Waals surface area (Å²) < 4.78 is 5.03. The molecule has 0 atom stereocenters. The number of amides is 2. The normalized spacial score (nSPS) is 10.6. The van der Waals surface area contributed by atoms with Gasteiger partial charge in [0.1, 0.15) is 12.1 Å². The molecule has 0 aliphatic rings. The summed E-state index contributed by atoms with van der Waals surface area (Å²) in [5, 5.41) is 14.8. The average Bonchev–Trinajstić information content (AvgIpc) is 2.42. The van der Waals surface area contributed by atoms with Gasteiger partial charge in [-0.15, -0.1) is 0 Å². The van der Waals surface area contributed by atoms with Crippen LogP contribution >= 0.6 is 0 Å². The molecular weight excluding hydrogens is 298 g/mol. The van der Waals surface area contributed by atoms with Crippen LogP contribution in [-0.4, -0.2) is 30.1 Å². The fourth-order valence-corrected chi connectivity index (χ4v) is 1.59. The van der Waals surface area contributed by atoms with E-state index in [2.05, 4.69) is 16.0 Å². The van der Waals surface area contributed by atoms with E-state index >= 15 is 0 Å². The molecule has 0 radical (unpaired) electrons. The Morgan fingerprint density at radius 1 is 1.17 bits per heavy atom. The summed E-state index contributed by atoms with van der Waals surface area (Å²) in [6.07, 6.45) is -0.632. The molecule has 0 unspecified atom stereocenters. The van der Waals surface area contributed by atoms with Crippen LogP contribution in [0, 0.1) is 5.41 Å². The lowest BCUT2D eigenvalue weighted by atomic mass is 10.2. The van der Waals surface area contributed by atoms with E-state index in [0.29, 0.717) is 12.2 Å². The van der Waals surface area contributed by atoms with E-state index in [1.165, 1.54) is 0 Å². The number of alkyl carbamates (subject to hydrolysis) is 1. The molecule has 8 heteroatoms. The van der Waals surface area contributed by atoms with E-state index in [9.17, 15) is 9.59 Å². The number of hydrogen-bond donors (Lipinski definition) is 5. The molecule has 1 aromatic rings. The summed E-state index contributed by atoms with van der Waals surface area (Å²) in [5.74, 6) is -0.457. The van der Waals surface area contributed by atoms with E-state index < -0.39 is 11.7 Å². The van der Waals surface area contributed by atoms with Crippen molar-refractivity contribution in [3.8, 4) is 0 Å². The molecule has 0 bridgehead atoms. The van der Waals surface area contributed by atoms with Crippen molar-refractivity contribution >= 4 is 23.6 Å². The van der Waals surface area contributed by atoms with Gasteiger partial charge in [0.05, 0.1) is 0 Å². The zero-order valence-electron chi connectivity index (χ0n) is 13.5. The van der Waals surface area contributed by atoms with Crippen LogP contribution in [0.4, 0.5) is 10.5 Å². The zero-order valence-corrected chi connectivity index (χ0v) is 13.5. The van der Waals surface area contributed by atoms with Gasteiger partial charge in [-0.1, -0.05) is 12.1 Å². The summed E-state index contributed by atoms with van der Waals surface area (Å²) in [6.45, 7) is 5.42. The highest BCUT2D eigenvalue weighted by molar-refractivity contribution is 5.89. The Morgan fingerprint density at radius 2 is 1.78 bits per heavy atom. The van der Waals surface area contributed by atoms with Gasteiger partial charge in [0.2, 0.25) is 5.91 Å². The lowest BCUT2D eigenvalue weighted by Crippen LogP contribution is -2.39. The number of anilines is 1. The topological polar surface area (TPSA) is 129 Å². The van der Waals surface area contributed by atoms with E-state index in [1.54, 1.807) is 45.0 Å². The van der Waals surface area contributed by atoms with Crippen molar-refractivity contribution in [3.05, 3.63) is 29.8 Å². The first-order valence-electron chi connectivity index (χ1n) is 7.09. The first-order chi connectivity index (χ1) is 10.7. The molecule has 2 amide bonds. The molecule has 0 fully saturated rings. The molecule has 0 aliphatic heterocycles. The predicted molar refractivity (Wildman–Crippen MR) is 88.1 cm³/mol. The Morgan fingerprint density at radius 3 is 2.30 bits per heavy atom. The van der Waals surface area contributed by atoms with Crippen molar-refractivity contribution in [2.24, 2.45) is 5.73 Å². The summed E-state index contributed by atoms with van der Waals surface area (Å²) in [4.78, 5) is 23.1. The lowest BCUT2D eigenvalue weighted by Gasteiger charge is -2.19. The molecule has 1 aromatic carbocycles. The number of rotatable bonds is 5. The minimum atomic E-state index is -0.632. The molecule has 1 rings (SSSR count). The van der Waals surface area contributed by atoms with Gasteiger partial charge in [-0.3, -0.25) is 10.2 Å². The third kappa shape index (κ3) is 8.30. The SMILES string of the molecule is CC(C)(C)OC(=O)NCC(=O)NCc1ccc(NC(=N)N)cc1. The minimum Gasteiger partial charge on any atom is -0.444 e. The number of guanidine groups is 1. The van der Waals surface area contributed by atoms with Gasteiger partial charge in [0, 0.05) is 12.2 Å². The van der Waals surface area contributed by atoms with Gasteiger partial charge in [-0.05, 0) is 38.5 Å². The van der Waals surface area contributed by atoms with Crippen LogP contribution < -0.4 is 21.7 Å². The minimum absolute atomic E-state index is 0.140. The van der Waals surface area contributed by atoms with Crippen molar-refractivity contribution < 1.29 is 14.3 Å². The van der Waals surface area contributed by atoms with Crippen molar-refractivity contribution in [1.82, 2.24) is 10.6 Å². The second-order valence-electron chi connectivity index (χ2n) is 5.87. The van der Waals surface area contributed by atoms with Gasteiger partial charge in [-0.2, -0.15) is 0 Å². The molecule has 8 nitrogen and oxygen atoms in total.